The fourth-order valence-electron chi connectivity index (χ4n) is 2.52. The Balaban J connectivity index is 1.72. The Morgan fingerprint density at radius 3 is 2.80 bits per heavy atom. The number of rotatable bonds is 5. The summed E-state index contributed by atoms with van der Waals surface area (Å²) in [5, 5.41) is 17.5. The van der Waals surface area contributed by atoms with Crippen molar-refractivity contribution in [1.29, 1.82) is 5.26 Å². The highest BCUT2D eigenvalue weighted by Crippen LogP contribution is 2.37. The van der Waals surface area contributed by atoms with Gasteiger partial charge in [-0.2, -0.15) is 5.26 Å². The number of nitriles is 1. The lowest BCUT2D eigenvalue weighted by molar-refractivity contribution is -0.121. The maximum atomic E-state index is 12.1. The zero-order chi connectivity index (χ0) is 17.6. The summed E-state index contributed by atoms with van der Waals surface area (Å²) in [6.07, 6.45) is 0.254. The first kappa shape index (κ1) is 17.3. The van der Waals surface area contributed by atoms with Crippen LogP contribution in [0.2, 0.25) is 0 Å². The molecule has 0 aliphatic carbocycles. The normalized spacial score (nSPS) is 16.9. The number of benzene rings is 1. The molecule has 3 rings (SSSR count). The molecule has 1 aromatic heterocycles. The quantitative estimate of drug-likeness (QED) is 0.846. The van der Waals surface area contributed by atoms with Crippen molar-refractivity contribution in [2.24, 2.45) is 0 Å². The van der Waals surface area contributed by atoms with E-state index in [4.69, 9.17) is 0 Å². The van der Waals surface area contributed by atoms with Crippen LogP contribution < -0.4 is 10.6 Å². The predicted octanol–water partition coefficient (Wildman–Crippen LogP) is 3.46. The van der Waals surface area contributed by atoms with Crippen LogP contribution in [-0.2, 0) is 9.59 Å². The lowest BCUT2D eigenvalue weighted by Gasteiger charge is -2.23. The van der Waals surface area contributed by atoms with Gasteiger partial charge in [0, 0.05) is 22.9 Å². The minimum Gasteiger partial charge on any atom is -0.325 e. The van der Waals surface area contributed by atoms with Gasteiger partial charge in [0.1, 0.15) is 0 Å². The summed E-state index contributed by atoms with van der Waals surface area (Å²) in [4.78, 5) is 25.1. The van der Waals surface area contributed by atoms with Crippen LogP contribution in [0.25, 0.3) is 0 Å². The Morgan fingerprint density at radius 1 is 1.32 bits per heavy atom. The molecular weight excluding hydrogens is 354 g/mol. The summed E-state index contributed by atoms with van der Waals surface area (Å²) in [6, 6.07) is 15.2. The standard InChI is InChI=1S/C18H15N3O2S2/c19-10-14-13(15-7-4-8-24-15)9-16(22)21-18(14)25-11-17(23)20-12-5-2-1-3-6-12/h1-8,13H,9,11H2,(H,20,23)(H,21,22)/t13-/m0/s1. The zero-order valence-electron chi connectivity index (χ0n) is 13.2. The molecule has 1 atom stereocenters. The highest BCUT2D eigenvalue weighted by molar-refractivity contribution is 8.03. The van der Waals surface area contributed by atoms with Gasteiger partial charge in [-0.15, -0.1) is 11.3 Å². The van der Waals surface area contributed by atoms with E-state index in [2.05, 4.69) is 16.7 Å². The summed E-state index contributed by atoms with van der Waals surface area (Å²) in [5.74, 6) is -0.442. The number of anilines is 1. The van der Waals surface area contributed by atoms with Gasteiger partial charge in [0.15, 0.2) is 0 Å². The second kappa shape index (κ2) is 8.01. The predicted molar refractivity (Wildman–Crippen MR) is 100.0 cm³/mol. The van der Waals surface area contributed by atoms with Crippen LogP contribution in [0.4, 0.5) is 5.69 Å². The van der Waals surface area contributed by atoms with Crippen LogP contribution in [0.1, 0.15) is 17.2 Å². The van der Waals surface area contributed by atoms with E-state index in [1.54, 1.807) is 12.1 Å². The first-order valence-corrected chi connectivity index (χ1v) is 9.49. The van der Waals surface area contributed by atoms with Gasteiger partial charge in [0.2, 0.25) is 11.8 Å². The molecule has 0 saturated heterocycles. The maximum Gasteiger partial charge on any atom is 0.234 e. The van der Waals surface area contributed by atoms with Crippen LogP contribution >= 0.6 is 23.1 Å². The number of allylic oxidation sites excluding steroid dienone is 1. The molecular formula is C18H15N3O2S2. The van der Waals surface area contributed by atoms with E-state index in [1.807, 2.05) is 35.7 Å². The van der Waals surface area contributed by atoms with Gasteiger partial charge < -0.3 is 10.6 Å². The Labute approximate surface area is 153 Å². The van der Waals surface area contributed by atoms with Gasteiger partial charge in [-0.1, -0.05) is 36.0 Å². The molecule has 0 bridgehead atoms. The lowest BCUT2D eigenvalue weighted by atomic mass is 9.93. The molecule has 0 fully saturated rings. The summed E-state index contributed by atoms with van der Waals surface area (Å²) in [6.45, 7) is 0. The van der Waals surface area contributed by atoms with Crippen LogP contribution in [0, 0.1) is 11.3 Å². The first-order chi connectivity index (χ1) is 12.2. The fraction of sp³-hybridized carbons (Fsp3) is 0.167. The molecule has 1 aromatic carbocycles. The van der Waals surface area contributed by atoms with Crippen molar-refractivity contribution in [3.63, 3.8) is 0 Å². The average Bonchev–Trinajstić information content (AvgIpc) is 3.15. The van der Waals surface area contributed by atoms with E-state index >= 15 is 0 Å². The Hall–Kier alpha value is -2.56. The molecule has 0 spiro atoms. The highest BCUT2D eigenvalue weighted by atomic mass is 32.2. The third-order valence-corrected chi connectivity index (χ3v) is 5.65. The minimum absolute atomic E-state index is 0.118. The molecule has 2 amide bonds. The van der Waals surface area contributed by atoms with Gasteiger partial charge in [-0.05, 0) is 23.6 Å². The Bertz CT molecular complexity index is 839. The molecule has 126 valence electrons. The molecule has 7 heteroatoms. The van der Waals surface area contributed by atoms with E-state index in [9.17, 15) is 14.9 Å². The van der Waals surface area contributed by atoms with Gasteiger partial charge in [-0.25, -0.2) is 0 Å². The second-order valence-electron chi connectivity index (χ2n) is 5.38. The number of nitrogens with one attached hydrogen (secondary N) is 2. The lowest BCUT2D eigenvalue weighted by Crippen LogP contribution is -2.31. The van der Waals surface area contributed by atoms with Gasteiger partial charge in [-0.3, -0.25) is 9.59 Å². The van der Waals surface area contributed by atoms with E-state index in [1.165, 1.54) is 23.1 Å². The van der Waals surface area contributed by atoms with Crippen molar-refractivity contribution in [3.8, 4) is 6.07 Å². The van der Waals surface area contributed by atoms with Crippen molar-refractivity contribution < 1.29 is 9.59 Å². The van der Waals surface area contributed by atoms with Crippen molar-refractivity contribution in [3.05, 3.63) is 63.3 Å². The van der Waals surface area contributed by atoms with Crippen LogP contribution in [-0.4, -0.2) is 17.6 Å². The SMILES string of the molecule is N#CC1=C(SCC(=O)Nc2ccccc2)NC(=O)C[C@@H]1c1cccs1. The third-order valence-electron chi connectivity index (χ3n) is 3.65. The maximum absolute atomic E-state index is 12.1. The minimum atomic E-state index is -0.238. The van der Waals surface area contributed by atoms with Crippen molar-refractivity contribution in [2.45, 2.75) is 12.3 Å². The Morgan fingerprint density at radius 2 is 2.12 bits per heavy atom. The van der Waals surface area contributed by atoms with E-state index in [0.717, 1.165) is 4.88 Å². The van der Waals surface area contributed by atoms with Gasteiger partial charge in [0.25, 0.3) is 0 Å². The van der Waals surface area contributed by atoms with Crippen LogP contribution in [0.5, 0.6) is 0 Å². The summed E-state index contributed by atoms with van der Waals surface area (Å²) < 4.78 is 0. The zero-order valence-corrected chi connectivity index (χ0v) is 14.8. The molecule has 0 unspecified atom stereocenters. The number of thiophene rings is 1. The summed E-state index contributed by atoms with van der Waals surface area (Å²) in [7, 11) is 0. The van der Waals surface area contributed by atoms with E-state index in [0.29, 0.717) is 16.3 Å². The first-order valence-electron chi connectivity index (χ1n) is 7.62. The molecule has 2 aromatic rings. The molecule has 2 N–H and O–H groups in total. The second-order valence-corrected chi connectivity index (χ2v) is 7.34. The molecule has 0 radical (unpaired) electrons. The number of hydrogen-bond acceptors (Lipinski definition) is 5. The molecule has 0 saturated carbocycles. The molecule has 1 aliphatic rings. The van der Waals surface area contributed by atoms with E-state index in [-0.39, 0.29) is 29.9 Å². The molecule has 2 heterocycles. The van der Waals surface area contributed by atoms with Crippen LogP contribution in [0.15, 0.2) is 58.4 Å². The number of thioether (sulfide) groups is 1. The number of hydrogen-bond donors (Lipinski definition) is 2. The summed E-state index contributed by atoms with van der Waals surface area (Å²) in [5.41, 5.74) is 1.23. The van der Waals surface area contributed by atoms with E-state index < -0.39 is 0 Å². The smallest absolute Gasteiger partial charge is 0.234 e. The number of carbonyl (C=O) groups is 2. The highest BCUT2D eigenvalue weighted by Gasteiger charge is 2.30. The summed E-state index contributed by atoms with van der Waals surface area (Å²) >= 11 is 2.70. The third kappa shape index (κ3) is 4.29. The number of amides is 2. The van der Waals surface area contributed by atoms with Crippen molar-refractivity contribution >= 4 is 40.6 Å². The van der Waals surface area contributed by atoms with Gasteiger partial charge >= 0.3 is 0 Å². The monoisotopic (exact) mass is 369 g/mol. The molecule has 25 heavy (non-hydrogen) atoms. The Kier molecular flexibility index (Phi) is 5.53. The van der Waals surface area contributed by atoms with Crippen LogP contribution in [0.3, 0.4) is 0 Å². The van der Waals surface area contributed by atoms with Crippen molar-refractivity contribution in [2.75, 3.05) is 11.1 Å². The average molecular weight is 369 g/mol. The van der Waals surface area contributed by atoms with Crippen molar-refractivity contribution in [1.82, 2.24) is 5.32 Å². The number of nitrogens with zero attached hydrogens (tertiary/aromatic N) is 1. The largest absolute Gasteiger partial charge is 0.325 e. The number of carbonyl (C=O) groups excluding carboxylic acids is 2. The molecule has 1 aliphatic heterocycles. The molecule has 5 nitrogen and oxygen atoms in total. The number of para-hydroxylation sites is 1. The topological polar surface area (TPSA) is 82.0 Å². The fourth-order valence-corrected chi connectivity index (χ4v) is 4.24. The van der Waals surface area contributed by atoms with Gasteiger partial charge in [0.05, 0.1) is 22.4 Å².